The molecule has 1 aliphatic rings. The highest BCUT2D eigenvalue weighted by atomic mass is 32.1. The van der Waals surface area contributed by atoms with Crippen LogP contribution in [-0.4, -0.2) is 68.5 Å². The third-order valence-electron chi connectivity index (χ3n) is 4.24. The third kappa shape index (κ3) is 3.51. The molecule has 0 radical (unpaired) electrons. The molecule has 1 saturated heterocycles. The molecule has 1 atom stereocenters. The lowest BCUT2D eigenvalue weighted by atomic mass is 10.2. The number of aromatic amines is 1. The quantitative estimate of drug-likeness (QED) is 0.648. The molecule has 0 spiro atoms. The first kappa shape index (κ1) is 17.2. The van der Waals surface area contributed by atoms with E-state index in [1.54, 1.807) is 11.8 Å². The van der Waals surface area contributed by atoms with Gasteiger partial charge in [0.2, 0.25) is 0 Å². The van der Waals surface area contributed by atoms with Crippen LogP contribution in [0.3, 0.4) is 0 Å². The summed E-state index contributed by atoms with van der Waals surface area (Å²) < 4.78 is 13.3. The Hall–Kier alpha value is -2.21. The molecular weight excluding hydrogens is 358 g/mol. The second kappa shape index (κ2) is 7.58. The van der Waals surface area contributed by atoms with Crippen molar-refractivity contribution in [3.05, 3.63) is 33.4 Å². The number of tetrazole rings is 1. The van der Waals surface area contributed by atoms with Crippen molar-refractivity contribution in [2.75, 3.05) is 33.4 Å². The van der Waals surface area contributed by atoms with E-state index in [2.05, 4.69) is 30.4 Å². The van der Waals surface area contributed by atoms with Crippen molar-refractivity contribution in [2.24, 2.45) is 0 Å². The van der Waals surface area contributed by atoms with Gasteiger partial charge in [0.1, 0.15) is 16.6 Å². The van der Waals surface area contributed by atoms with E-state index in [9.17, 15) is 4.79 Å². The van der Waals surface area contributed by atoms with Crippen molar-refractivity contribution < 1.29 is 9.47 Å². The van der Waals surface area contributed by atoms with Gasteiger partial charge in [-0.15, -0.1) is 16.4 Å². The van der Waals surface area contributed by atoms with E-state index >= 15 is 0 Å². The summed E-state index contributed by atoms with van der Waals surface area (Å²) in [4.78, 5) is 21.7. The average molecular weight is 377 g/mol. The molecule has 4 rings (SSSR count). The molecule has 26 heavy (non-hydrogen) atoms. The number of hydrogen-bond acceptors (Lipinski definition) is 9. The molecule has 0 aromatic carbocycles. The second-order valence-corrected chi connectivity index (χ2v) is 6.91. The molecule has 4 heterocycles. The highest BCUT2D eigenvalue weighted by molar-refractivity contribution is 7.17. The molecule has 1 N–H and O–H groups in total. The molecule has 0 bridgehead atoms. The average Bonchev–Trinajstić information content (AvgIpc) is 3.29. The lowest BCUT2D eigenvalue weighted by Gasteiger charge is -2.31. The monoisotopic (exact) mass is 377 g/mol. The van der Waals surface area contributed by atoms with Crippen LogP contribution in [0.15, 0.2) is 16.2 Å². The van der Waals surface area contributed by atoms with Crippen molar-refractivity contribution in [2.45, 2.75) is 19.2 Å². The van der Waals surface area contributed by atoms with E-state index in [4.69, 9.17) is 9.47 Å². The van der Waals surface area contributed by atoms with Crippen LogP contribution in [0.4, 0.5) is 0 Å². The van der Waals surface area contributed by atoms with Crippen LogP contribution in [0, 0.1) is 0 Å². The molecule has 1 fully saturated rings. The number of morpholine rings is 1. The third-order valence-corrected chi connectivity index (χ3v) is 5.15. The van der Waals surface area contributed by atoms with Crippen LogP contribution in [0.25, 0.3) is 10.2 Å². The lowest BCUT2D eigenvalue weighted by Crippen LogP contribution is -2.39. The predicted molar refractivity (Wildman–Crippen MR) is 93.9 cm³/mol. The van der Waals surface area contributed by atoms with Gasteiger partial charge in [0, 0.05) is 20.2 Å². The molecule has 11 heteroatoms. The topological polar surface area (TPSA) is 111 Å². The maximum Gasteiger partial charge on any atom is 0.268 e. The molecule has 10 nitrogen and oxygen atoms in total. The Balaban J connectivity index is 1.48. The number of aromatic nitrogens is 6. The molecule has 0 amide bonds. The fourth-order valence-electron chi connectivity index (χ4n) is 2.99. The van der Waals surface area contributed by atoms with Gasteiger partial charge in [-0.3, -0.25) is 9.69 Å². The van der Waals surface area contributed by atoms with E-state index < -0.39 is 0 Å². The number of thiophene rings is 1. The first-order chi connectivity index (χ1) is 12.7. The SMILES string of the molecule is COCCn1nnnc1[C@H]1CN(Cc2nc3ccsc3c(=O)[nH]2)CCO1. The normalized spacial score (nSPS) is 18.6. The standard InChI is InChI=1S/C15H19N7O3S/c1-24-5-4-22-14(18-19-20-22)11-8-21(3-6-25-11)9-12-16-10-2-7-26-13(10)15(23)17-12/h2,7,11H,3-6,8-9H2,1H3,(H,16,17,23)/t11-/m1/s1. The van der Waals surface area contributed by atoms with Crippen LogP contribution >= 0.6 is 11.3 Å². The van der Waals surface area contributed by atoms with Crippen LogP contribution in [0.1, 0.15) is 17.8 Å². The number of hydrogen-bond donors (Lipinski definition) is 1. The fraction of sp³-hybridized carbons (Fsp3) is 0.533. The first-order valence-electron chi connectivity index (χ1n) is 8.30. The first-order valence-corrected chi connectivity index (χ1v) is 9.18. The number of ether oxygens (including phenoxy) is 2. The number of fused-ring (bicyclic) bond motifs is 1. The number of nitrogens with one attached hydrogen (secondary N) is 1. The molecule has 3 aromatic rings. The molecule has 3 aromatic heterocycles. The Morgan fingerprint density at radius 3 is 3.31 bits per heavy atom. The number of rotatable bonds is 6. The fourth-order valence-corrected chi connectivity index (χ4v) is 3.72. The Bertz CT molecular complexity index is 937. The van der Waals surface area contributed by atoms with Gasteiger partial charge in [-0.2, -0.15) is 0 Å². The summed E-state index contributed by atoms with van der Waals surface area (Å²) in [6, 6.07) is 1.87. The van der Waals surface area contributed by atoms with Gasteiger partial charge in [-0.05, 0) is 21.9 Å². The Morgan fingerprint density at radius 2 is 2.42 bits per heavy atom. The van der Waals surface area contributed by atoms with E-state index in [-0.39, 0.29) is 11.7 Å². The summed E-state index contributed by atoms with van der Waals surface area (Å²) in [5, 5.41) is 13.7. The molecule has 0 aliphatic carbocycles. The van der Waals surface area contributed by atoms with Crippen molar-refractivity contribution in [1.82, 2.24) is 35.1 Å². The van der Waals surface area contributed by atoms with Gasteiger partial charge in [0.05, 0.1) is 31.8 Å². The Labute approximate surface area is 152 Å². The highest BCUT2D eigenvalue weighted by Crippen LogP contribution is 2.21. The molecule has 1 aliphatic heterocycles. The lowest BCUT2D eigenvalue weighted by molar-refractivity contribution is -0.0403. The van der Waals surface area contributed by atoms with E-state index in [1.807, 2.05) is 11.4 Å². The zero-order chi connectivity index (χ0) is 17.9. The Morgan fingerprint density at radius 1 is 1.50 bits per heavy atom. The molecule has 0 saturated carbocycles. The number of methoxy groups -OCH3 is 1. The van der Waals surface area contributed by atoms with E-state index in [0.29, 0.717) is 49.2 Å². The summed E-state index contributed by atoms with van der Waals surface area (Å²) >= 11 is 1.40. The minimum Gasteiger partial charge on any atom is -0.383 e. The summed E-state index contributed by atoms with van der Waals surface area (Å²) in [6.45, 7) is 3.58. The summed E-state index contributed by atoms with van der Waals surface area (Å²) in [5.41, 5.74) is 0.649. The maximum absolute atomic E-state index is 12.1. The predicted octanol–water partition coefficient (Wildman–Crippen LogP) is 0.191. The molecule has 0 unspecified atom stereocenters. The summed E-state index contributed by atoms with van der Waals surface area (Å²) in [7, 11) is 1.64. The second-order valence-electron chi connectivity index (χ2n) is 6.00. The minimum atomic E-state index is -0.229. The van der Waals surface area contributed by atoms with E-state index in [1.165, 1.54) is 11.3 Å². The van der Waals surface area contributed by atoms with Gasteiger partial charge in [-0.25, -0.2) is 9.67 Å². The van der Waals surface area contributed by atoms with E-state index in [0.717, 1.165) is 12.1 Å². The molecule has 138 valence electrons. The molecular formula is C15H19N7O3S. The number of nitrogens with zero attached hydrogens (tertiary/aromatic N) is 6. The van der Waals surface area contributed by atoms with Crippen molar-refractivity contribution >= 4 is 21.6 Å². The van der Waals surface area contributed by atoms with Gasteiger partial charge in [0.15, 0.2) is 5.82 Å². The van der Waals surface area contributed by atoms with Gasteiger partial charge >= 0.3 is 0 Å². The number of H-pyrrole nitrogens is 1. The van der Waals surface area contributed by atoms with Crippen LogP contribution < -0.4 is 5.56 Å². The highest BCUT2D eigenvalue weighted by Gasteiger charge is 2.27. The minimum absolute atomic E-state index is 0.0895. The smallest absolute Gasteiger partial charge is 0.268 e. The van der Waals surface area contributed by atoms with Crippen LogP contribution in [0.2, 0.25) is 0 Å². The van der Waals surface area contributed by atoms with Gasteiger partial charge in [0.25, 0.3) is 5.56 Å². The van der Waals surface area contributed by atoms with Gasteiger partial charge < -0.3 is 14.5 Å². The van der Waals surface area contributed by atoms with Crippen molar-refractivity contribution in [3.8, 4) is 0 Å². The zero-order valence-electron chi connectivity index (χ0n) is 14.3. The van der Waals surface area contributed by atoms with Crippen LogP contribution in [0.5, 0.6) is 0 Å². The van der Waals surface area contributed by atoms with Crippen molar-refractivity contribution in [3.63, 3.8) is 0 Å². The summed E-state index contributed by atoms with van der Waals surface area (Å²) in [6.07, 6.45) is -0.229. The summed E-state index contributed by atoms with van der Waals surface area (Å²) in [5.74, 6) is 1.34. The zero-order valence-corrected chi connectivity index (χ0v) is 15.1. The maximum atomic E-state index is 12.1. The largest absolute Gasteiger partial charge is 0.383 e. The van der Waals surface area contributed by atoms with Crippen LogP contribution in [-0.2, 0) is 22.6 Å². The Kier molecular flexibility index (Phi) is 5.02. The van der Waals surface area contributed by atoms with Gasteiger partial charge in [-0.1, -0.05) is 0 Å². The van der Waals surface area contributed by atoms with Crippen molar-refractivity contribution in [1.29, 1.82) is 0 Å².